The van der Waals surface area contributed by atoms with Gasteiger partial charge >= 0.3 is 0 Å². The number of hydrogen-bond donors (Lipinski definition) is 1. The van der Waals surface area contributed by atoms with E-state index in [2.05, 4.69) is 23.1 Å². The quantitative estimate of drug-likeness (QED) is 0.279. The number of nitrogens with zero attached hydrogens (tertiary/aromatic N) is 1. The van der Waals surface area contributed by atoms with E-state index in [0.717, 1.165) is 54.4 Å². The molecule has 3 heterocycles. The highest BCUT2D eigenvalue weighted by atomic mass is 35.5. The van der Waals surface area contributed by atoms with E-state index in [-0.39, 0.29) is 29.8 Å². The molecule has 3 aromatic rings. The molecule has 0 saturated carbocycles. The van der Waals surface area contributed by atoms with E-state index in [9.17, 15) is 13.9 Å². The van der Waals surface area contributed by atoms with Crippen molar-refractivity contribution in [1.29, 1.82) is 0 Å². The van der Waals surface area contributed by atoms with Gasteiger partial charge in [-0.25, -0.2) is 8.78 Å². The van der Waals surface area contributed by atoms with Gasteiger partial charge in [-0.1, -0.05) is 35.9 Å². The zero-order chi connectivity index (χ0) is 29.9. The SMILES string of the molecule is CSC1CC(O)C[C@H](c2ccc(Cl)c(Cc3ccc(OC4CCN(C5CCC(c6cc(F)ccc6F)OC5)C4)cc3)c2)O1. The Morgan fingerprint density at radius 3 is 2.60 bits per heavy atom. The van der Waals surface area contributed by atoms with Crippen LogP contribution in [0.1, 0.15) is 66.6 Å². The van der Waals surface area contributed by atoms with Crippen molar-refractivity contribution >= 4 is 23.4 Å². The van der Waals surface area contributed by atoms with Crippen LogP contribution in [0.3, 0.4) is 0 Å². The first kappa shape index (κ1) is 30.8. The zero-order valence-corrected chi connectivity index (χ0v) is 25.8. The normalized spacial score (nSPS) is 28.2. The Morgan fingerprint density at radius 1 is 1.00 bits per heavy atom. The van der Waals surface area contributed by atoms with Crippen molar-refractivity contribution in [3.05, 3.63) is 99.6 Å². The van der Waals surface area contributed by atoms with Crippen LogP contribution in [0.25, 0.3) is 0 Å². The van der Waals surface area contributed by atoms with Gasteiger partial charge in [-0.3, -0.25) is 4.90 Å². The van der Waals surface area contributed by atoms with Crippen LogP contribution in [0.15, 0.2) is 60.7 Å². The molecule has 3 aliphatic heterocycles. The van der Waals surface area contributed by atoms with Gasteiger partial charge in [0.15, 0.2) is 0 Å². The second-order valence-electron chi connectivity index (χ2n) is 11.8. The Bertz CT molecular complexity index is 1390. The maximum atomic E-state index is 14.2. The van der Waals surface area contributed by atoms with Gasteiger partial charge in [0.2, 0.25) is 0 Å². The van der Waals surface area contributed by atoms with Crippen molar-refractivity contribution in [3.8, 4) is 5.75 Å². The summed E-state index contributed by atoms with van der Waals surface area (Å²) in [5.41, 5.74) is 3.51. The number of thioether (sulfide) groups is 1. The predicted molar refractivity (Wildman–Crippen MR) is 166 cm³/mol. The summed E-state index contributed by atoms with van der Waals surface area (Å²) < 4.78 is 46.3. The summed E-state index contributed by atoms with van der Waals surface area (Å²) in [6, 6.07) is 18.0. The molecule has 0 amide bonds. The molecule has 6 atom stereocenters. The highest BCUT2D eigenvalue weighted by Gasteiger charge is 2.34. The van der Waals surface area contributed by atoms with Crippen LogP contribution < -0.4 is 4.74 Å². The van der Waals surface area contributed by atoms with Crippen LogP contribution >= 0.6 is 23.4 Å². The summed E-state index contributed by atoms with van der Waals surface area (Å²) in [6.07, 6.45) is 5.58. The maximum absolute atomic E-state index is 14.2. The smallest absolute Gasteiger partial charge is 0.129 e. The summed E-state index contributed by atoms with van der Waals surface area (Å²) in [6.45, 7) is 2.23. The molecule has 0 radical (unpaired) electrons. The fraction of sp³-hybridized carbons (Fsp3) is 0.471. The first-order valence-electron chi connectivity index (χ1n) is 15.1. The van der Waals surface area contributed by atoms with Crippen LogP contribution in [-0.4, -0.2) is 59.6 Å². The average molecular weight is 630 g/mol. The lowest BCUT2D eigenvalue weighted by Gasteiger charge is -2.35. The van der Waals surface area contributed by atoms with E-state index in [0.29, 0.717) is 42.9 Å². The maximum Gasteiger partial charge on any atom is 0.129 e. The van der Waals surface area contributed by atoms with Gasteiger partial charge in [0, 0.05) is 42.6 Å². The topological polar surface area (TPSA) is 51.2 Å². The molecule has 3 saturated heterocycles. The van der Waals surface area contributed by atoms with E-state index in [1.165, 1.54) is 12.1 Å². The Morgan fingerprint density at radius 2 is 1.84 bits per heavy atom. The molecule has 0 aromatic heterocycles. The summed E-state index contributed by atoms with van der Waals surface area (Å²) in [5.74, 6) is -0.0191. The van der Waals surface area contributed by atoms with Crippen molar-refractivity contribution in [2.45, 2.75) is 74.4 Å². The van der Waals surface area contributed by atoms with Crippen LogP contribution in [0.4, 0.5) is 8.78 Å². The van der Waals surface area contributed by atoms with Crippen molar-refractivity contribution in [1.82, 2.24) is 4.90 Å². The van der Waals surface area contributed by atoms with E-state index in [4.69, 9.17) is 25.8 Å². The molecule has 3 aromatic carbocycles. The minimum Gasteiger partial charge on any atom is -0.489 e. The molecule has 9 heteroatoms. The number of ether oxygens (including phenoxy) is 3. The molecule has 0 aliphatic carbocycles. The lowest BCUT2D eigenvalue weighted by molar-refractivity contribution is -0.0605. The van der Waals surface area contributed by atoms with E-state index < -0.39 is 17.7 Å². The lowest BCUT2D eigenvalue weighted by atomic mass is 9.96. The molecular weight excluding hydrogens is 592 g/mol. The van der Waals surface area contributed by atoms with Crippen molar-refractivity contribution < 1.29 is 28.1 Å². The van der Waals surface area contributed by atoms with Gasteiger partial charge in [-0.2, -0.15) is 0 Å². The minimum atomic E-state index is -0.441. The number of hydrogen-bond acceptors (Lipinski definition) is 6. The van der Waals surface area contributed by atoms with E-state index >= 15 is 0 Å². The molecule has 3 fully saturated rings. The van der Waals surface area contributed by atoms with Crippen molar-refractivity contribution in [3.63, 3.8) is 0 Å². The lowest BCUT2D eigenvalue weighted by Crippen LogP contribution is -2.41. The molecule has 43 heavy (non-hydrogen) atoms. The van der Waals surface area contributed by atoms with Gasteiger partial charge in [-0.15, -0.1) is 11.8 Å². The third-order valence-electron chi connectivity index (χ3n) is 8.84. The van der Waals surface area contributed by atoms with Gasteiger partial charge in [0.25, 0.3) is 0 Å². The molecule has 0 bridgehead atoms. The number of aliphatic hydroxyl groups is 1. The number of halogens is 3. The third kappa shape index (κ3) is 7.55. The molecule has 6 rings (SSSR count). The Kier molecular flexibility index (Phi) is 9.92. The molecule has 5 unspecified atom stereocenters. The van der Waals surface area contributed by atoms with Gasteiger partial charge in [-0.05, 0) is 85.0 Å². The fourth-order valence-corrected chi connectivity index (χ4v) is 7.31. The highest BCUT2D eigenvalue weighted by Crippen LogP contribution is 2.37. The average Bonchev–Trinajstić information content (AvgIpc) is 3.48. The molecule has 5 nitrogen and oxygen atoms in total. The summed E-state index contributed by atoms with van der Waals surface area (Å²) in [7, 11) is 0. The summed E-state index contributed by atoms with van der Waals surface area (Å²) in [4.78, 5) is 2.39. The number of benzene rings is 3. The Hall–Kier alpha value is -2.20. The van der Waals surface area contributed by atoms with Crippen LogP contribution in [0, 0.1) is 11.6 Å². The second-order valence-corrected chi connectivity index (χ2v) is 13.2. The number of aliphatic hydroxyl groups excluding tert-OH is 1. The van der Waals surface area contributed by atoms with Gasteiger partial charge < -0.3 is 19.3 Å². The Balaban J connectivity index is 1.00. The summed E-state index contributed by atoms with van der Waals surface area (Å²) >= 11 is 8.21. The largest absolute Gasteiger partial charge is 0.489 e. The standard InChI is InChI=1S/C34H38ClF2NO4S/c1-43-34-18-26(39)17-33(42-34)22-4-9-30(35)23(15-22)14-21-2-7-27(8-3-21)41-28-12-13-38(19-28)25-6-11-32(40-20-25)29-16-24(36)5-10-31(29)37/h2-5,7-10,15-16,25-26,28,32-34,39H,6,11-14,17-20H2,1H3/t25?,26?,28?,32?,33-,34?/m1/s1. The predicted octanol–water partition coefficient (Wildman–Crippen LogP) is 7.48. The second kappa shape index (κ2) is 13.8. The van der Waals surface area contributed by atoms with Gasteiger partial charge in [0.05, 0.1) is 24.9 Å². The monoisotopic (exact) mass is 629 g/mol. The Labute approximate surface area is 261 Å². The van der Waals surface area contributed by atoms with Gasteiger partial charge in [0.1, 0.15) is 28.9 Å². The van der Waals surface area contributed by atoms with Crippen LogP contribution in [0.2, 0.25) is 5.02 Å². The van der Waals surface area contributed by atoms with E-state index in [1.807, 2.05) is 30.5 Å². The first-order chi connectivity index (χ1) is 20.8. The zero-order valence-electron chi connectivity index (χ0n) is 24.3. The molecular formula is C34H38ClF2NO4S. The van der Waals surface area contributed by atoms with E-state index in [1.54, 1.807) is 11.8 Å². The molecule has 1 N–H and O–H groups in total. The summed E-state index contributed by atoms with van der Waals surface area (Å²) in [5, 5.41) is 11.0. The van der Waals surface area contributed by atoms with Crippen molar-refractivity contribution in [2.75, 3.05) is 26.0 Å². The first-order valence-corrected chi connectivity index (χ1v) is 16.7. The number of rotatable bonds is 8. The molecule has 230 valence electrons. The highest BCUT2D eigenvalue weighted by molar-refractivity contribution is 7.99. The van der Waals surface area contributed by atoms with Crippen LogP contribution in [-0.2, 0) is 15.9 Å². The fourth-order valence-electron chi connectivity index (χ4n) is 6.47. The third-order valence-corrected chi connectivity index (χ3v) is 10.0. The minimum absolute atomic E-state index is 0.00608. The van der Waals surface area contributed by atoms with Crippen molar-refractivity contribution in [2.24, 2.45) is 0 Å². The molecule has 0 spiro atoms. The van der Waals surface area contributed by atoms with Crippen LogP contribution in [0.5, 0.6) is 5.75 Å². The molecule has 3 aliphatic rings. The number of likely N-dealkylation sites (tertiary alicyclic amines) is 1.